The van der Waals surface area contributed by atoms with Crippen molar-refractivity contribution in [1.82, 2.24) is 9.88 Å². The molecular weight excluding hydrogens is 739 g/mol. The molecule has 310 valence electrons. The second kappa shape index (κ2) is 18.8. The Bertz CT molecular complexity index is 1980. The molecule has 1 fully saturated rings. The van der Waals surface area contributed by atoms with Gasteiger partial charge >= 0.3 is 0 Å². The minimum atomic E-state index is -1.36. The molecule has 12 nitrogen and oxygen atoms in total. The van der Waals surface area contributed by atoms with Gasteiger partial charge in [-0.05, 0) is 105 Å². The van der Waals surface area contributed by atoms with Crippen molar-refractivity contribution in [2.24, 2.45) is 22.9 Å². The maximum Gasteiger partial charge on any atom is 0.254 e. The second-order valence-electron chi connectivity index (χ2n) is 15.6. The molecule has 2 aliphatic carbocycles. The zero-order valence-electron chi connectivity index (χ0n) is 33.9. The molecule has 1 aromatic heterocycles. The monoisotopic (exact) mass is 795 g/mol. The highest BCUT2D eigenvalue weighted by Crippen LogP contribution is 2.62. The summed E-state index contributed by atoms with van der Waals surface area (Å²) in [4.78, 5) is 27.0. The molecule has 0 radical (unpaired) electrons. The first-order chi connectivity index (χ1) is 28.3. The number of allylic oxidation sites excluding steroid dienone is 1. The summed E-state index contributed by atoms with van der Waals surface area (Å²) in [6.45, 7) is 9.29. The molecule has 6 atom stereocenters. The maximum absolute atomic E-state index is 14.9. The van der Waals surface area contributed by atoms with Gasteiger partial charge in [-0.25, -0.2) is 0 Å². The Morgan fingerprint density at radius 3 is 2.59 bits per heavy atom. The number of benzene rings is 2. The molecule has 0 bridgehead atoms. The van der Waals surface area contributed by atoms with Crippen molar-refractivity contribution < 1.29 is 43.5 Å². The Morgan fingerprint density at radius 2 is 1.83 bits per heavy atom. The van der Waals surface area contributed by atoms with Gasteiger partial charge in [-0.1, -0.05) is 43.1 Å². The molecule has 1 saturated carbocycles. The van der Waals surface area contributed by atoms with Crippen molar-refractivity contribution in [2.45, 2.75) is 89.6 Å². The lowest BCUT2D eigenvalue weighted by Crippen LogP contribution is -2.70. The van der Waals surface area contributed by atoms with E-state index in [4.69, 9.17) is 33.7 Å². The van der Waals surface area contributed by atoms with Crippen molar-refractivity contribution in [2.75, 3.05) is 40.3 Å². The fourth-order valence-electron chi connectivity index (χ4n) is 9.52. The summed E-state index contributed by atoms with van der Waals surface area (Å²) in [5.74, 6) is 0.564. The molecule has 0 unspecified atom stereocenters. The van der Waals surface area contributed by atoms with Gasteiger partial charge in [0.25, 0.3) is 5.91 Å². The topological polar surface area (TPSA) is 141 Å². The van der Waals surface area contributed by atoms with Crippen LogP contribution in [0.1, 0.15) is 91.5 Å². The van der Waals surface area contributed by atoms with Crippen LogP contribution < -0.4 is 18.9 Å². The largest absolute Gasteiger partial charge is 0.487 e. The van der Waals surface area contributed by atoms with Crippen LogP contribution in [0.4, 0.5) is 0 Å². The van der Waals surface area contributed by atoms with Gasteiger partial charge in [0, 0.05) is 48.9 Å². The van der Waals surface area contributed by atoms with E-state index in [2.05, 4.69) is 30.6 Å². The number of aliphatic hydroxyl groups excluding tert-OH is 2. The van der Waals surface area contributed by atoms with Crippen molar-refractivity contribution in [1.29, 1.82) is 0 Å². The number of rotatable bonds is 19. The Balaban J connectivity index is 1.40. The van der Waals surface area contributed by atoms with Crippen LogP contribution in [0.25, 0.3) is 0 Å². The van der Waals surface area contributed by atoms with Gasteiger partial charge in [-0.2, -0.15) is 0 Å². The lowest BCUT2D eigenvalue weighted by atomic mass is 9.55. The Hall–Kier alpha value is -4.91. The van der Waals surface area contributed by atoms with Crippen LogP contribution in [0.15, 0.2) is 84.1 Å². The van der Waals surface area contributed by atoms with Crippen LogP contribution in [-0.4, -0.2) is 83.8 Å². The molecular formula is C46H57N3O9. The SMILES string of the molecule is C=CCO[C@@]12Oc3ccc(OCc4cccc(C)n4)cc3[C@H]3[C@H](CCCCO)[C@@H](CCCCO)C=C(C(=NOC)C[C@@H]1N(CCC)C(=O)c1ccc4c(c1)OCO4)[C@H]32. The molecule has 2 aromatic carbocycles. The molecule has 2 aliphatic heterocycles. The summed E-state index contributed by atoms with van der Waals surface area (Å²) in [5, 5.41) is 24.5. The number of nitrogens with zero attached hydrogens (tertiary/aromatic N) is 3. The molecule has 1 amide bonds. The molecule has 58 heavy (non-hydrogen) atoms. The summed E-state index contributed by atoms with van der Waals surface area (Å²) in [6, 6.07) is 16.5. The van der Waals surface area contributed by atoms with E-state index in [0.717, 1.165) is 53.9 Å². The predicted molar refractivity (Wildman–Crippen MR) is 219 cm³/mol. The Labute approximate surface area is 341 Å². The van der Waals surface area contributed by atoms with Gasteiger partial charge in [-0.3, -0.25) is 9.78 Å². The van der Waals surface area contributed by atoms with Crippen molar-refractivity contribution in [3.63, 3.8) is 0 Å². The quantitative estimate of drug-likeness (QED) is 0.0712. The number of aromatic nitrogens is 1. The van der Waals surface area contributed by atoms with Gasteiger partial charge in [0.1, 0.15) is 31.3 Å². The number of aryl methyl sites for hydroxylation is 1. The summed E-state index contributed by atoms with van der Waals surface area (Å²) >= 11 is 0. The third-order valence-electron chi connectivity index (χ3n) is 11.9. The smallest absolute Gasteiger partial charge is 0.254 e. The summed E-state index contributed by atoms with van der Waals surface area (Å²) < 4.78 is 32.1. The van der Waals surface area contributed by atoms with Crippen LogP contribution in [0.2, 0.25) is 0 Å². The van der Waals surface area contributed by atoms with E-state index >= 15 is 0 Å². The zero-order valence-corrected chi connectivity index (χ0v) is 33.9. The lowest BCUT2D eigenvalue weighted by Gasteiger charge is -2.60. The first-order valence-corrected chi connectivity index (χ1v) is 20.7. The molecule has 3 heterocycles. The number of amides is 1. The first-order valence-electron chi connectivity index (χ1n) is 20.7. The Kier molecular flexibility index (Phi) is 13.4. The average Bonchev–Trinajstić information content (AvgIpc) is 3.71. The first kappa shape index (κ1) is 41.3. The van der Waals surface area contributed by atoms with E-state index in [9.17, 15) is 15.0 Å². The number of carbonyl (C=O) groups is 1. The molecule has 4 aliphatic rings. The predicted octanol–water partition coefficient (Wildman–Crippen LogP) is 7.51. The molecule has 3 aromatic rings. The fourth-order valence-corrected chi connectivity index (χ4v) is 9.52. The van der Waals surface area contributed by atoms with Crippen molar-refractivity contribution in [3.8, 4) is 23.0 Å². The van der Waals surface area contributed by atoms with E-state index < -0.39 is 17.7 Å². The van der Waals surface area contributed by atoms with Crippen LogP contribution in [0.5, 0.6) is 23.0 Å². The highest BCUT2D eigenvalue weighted by Gasteiger charge is 2.65. The van der Waals surface area contributed by atoms with Gasteiger partial charge in [0.15, 0.2) is 11.5 Å². The fraction of sp³-hybridized carbons (Fsp3) is 0.500. The second-order valence-corrected chi connectivity index (χ2v) is 15.6. The average molecular weight is 796 g/mol. The molecule has 12 heteroatoms. The number of fused-ring (bicyclic) bond motifs is 3. The van der Waals surface area contributed by atoms with E-state index in [1.807, 2.05) is 42.2 Å². The number of unbranched alkanes of at least 4 members (excludes halogenated alkanes) is 2. The molecule has 0 spiro atoms. The van der Waals surface area contributed by atoms with Crippen LogP contribution in [-0.2, 0) is 16.2 Å². The van der Waals surface area contributed by atoms with E-state index in [1.54, 1.807) is 31.4 Å². The molecule has 0 saturated heterocycles. The molecule has 7 rings (SSSR count). The maximum atomic E-state index is 14.9. The van der Waals surface area contributed by atoms with Crippen LogP contribution in [0.3, 0.4) is 0 Å². The van der Waals surface area contributed by atoms with Gasteiger partial charge in [-0.15, -0.1) is 6.58 Å². The highest BCUT2D eigenvalue weighted by molar-refractivity contribution is 6.03. The minimum Gasteiger partial charge on any atom is -0.487 e. The van der Waals surface area contributed by atoms with Gasteiger partial charge in [0.2, 0.25) is 12.6 Å². The number of hydrogen-bond acceptors (Lipinski definition) is 11. The van der Waals surface area contributed by atoms with E-state index in [-0.39, 0.29) is 50.3 Å². The number of pyridine rings is 1. The van der Waals surface area contributed by atoms with Crippen molar-refractivity contribution in [3.05, 3.63) is 101 Å². The summed E-state index contributed by atoms with van der Waals surface area (Å²) in [7, 11) is 1.55. The number of ether oxygens (including phenoxy) is 5. The summed E-state index contributed by atoms with van der Waals surface area (Å²) in [6.07, 6.45) is 9.79. The van der Waals surface area contributed by atoms with Gasteiger partial charge < -0.3 is 43.6 Å². The van der Waals surface area contributed by atoms with E-state index in [1.165, 1.54) is 0 Å². The number of carbonyl (C=O) groups excluding carboxylic acids is 1. The standard InChI is InChI=1S/C46H57N3O9/c1-5-20-49(45(52)32-16-18-40-41(25-32)56-29-55-40)42-27-38(48-53-4)36-24-31(13-7-9-21-50)35(15-8-10-22-51)43-37-26-34(54-28-33-14-11-12-30(3)47-33)17-19-39(37)58-46(42,44(36)43)57-23-6-2/h6,11-12,14,16-19,24-26,31,35,42-44,50-51H,2,5,7-10,13,15,20-23,27-29H2,1,3-4H3/t31-,35+,42-,43+,44+,46+/m0/s1. The summed E-state index contributed by atoms with van der Waals surface area (Å²) in [5.41, 5.74) is 4.93. The van der Waals surface area contributed by atoms with Crippen LogP contribution >= 0.6 is 0 Å². The van der Waals surface area contributed by atoms with Gasteiger partial charge in [0.05, 0.1) is 23.9 Å². The van der Waals surface area contributed by atoms with Crippen molar-refractivity contribution >= 4 is 11.6 Å². The third-order valence-corrected chi connectivity index (χ3v) is 11.9. The Morgan fingerprint density at radius 1 is 1.03 bits per heavy atom. The number of oxime groups is 1. The highest BCUT2D eigenvalue weighted by atomic mass is 16.7. The number of aliphatic hydroxyl groups is 2. The third kappa shape index (κ3) is 8.32. The van der Waals surface area contributed by atoms with Crippen LogP contribution in [0, 0.1) is 24.7 Å². The lowest BCUT2D eigenvalue weighted by molar-refractivity contribution is -0.254. The normalized spacial score (nSPS) is 24.6. The zero-order chi connectivity index (χ0) is 40.6. The minimum absolute atomic E-state index is 0.0915. The number of hydrogen-bond donors (Lipinski definition) is 2. The molecule has 2 N–H and O–H groups in total. The van der Waals surface area contributed by atoms with E-state index in [0.29, 0.717) is 67.4 Å².